The quantitative estimate of drug-likeness (QED) is 0.589. The molecule has 0 radical (unpaired) electrons. The lowest BCUT2D eigenvalue weighted by Crippen LogP contribution is -2.35. The summed E-state index contributed by atoms with van der Waals surface area (Å²) >= 11 is 4.84. The Kier molecular flexibility index (Phi) is 7.11. The fraction of sp³-hybridized carbons (Fsp3) is 0.429. The van der Waals surface area contributed by atoms with Crippen molar-refractivity contribution >= 4 is 23.1 Å². The van der Waals surface area contributed by atoms with Crippen molar-refractivity contribution in [3.63, 3.8) is 0 Å². The Morgan fingerprint density at radius 1 is 1.35 bits per heavy atom. The van der Waals surface area contributed by atoms with E-state index in [1.165, 1.54) is 24.3 Å². The van der Waals surface area contributed by atoms with Gasteiger partial charge in [0.25, 0.3) is 5.91 Å². The average molecular weight is 298 g/mol. The summed E-state index contributed by atoms with van der Waals surface area (Å²) in [6.45, 7) is 1.57. The van der Waals surface area contributed by atoms with Crippen LogP contribution in [0.1, 0.15) is 23.2 Å². The van der Waals surface area contributed by atoms with E-state index in [0.717, 1.165) is 6.42 Å². The van der Waals surface area contributed by atoms with Gasteiger partial charge in [0.05, 0.1) is 4.99 Å². The van der Waals surface area contributed by atoms with Crippen LogP contribution in [0.4, 0.5) is 4.39 Å². The van der Waals surface area contributed by atoms with E-state index in [1.807, 2.05) is 0 Å². The lowest BCUT2D eigenvalue weighted by molar-refractivity contribution is 0.0742. The van der Waals surface area contributed by atoms with Gasteiger partial charge < -0.3 is 15.4 Å². The first-order chi connectivity index (χ1) is 9.54. The van der Waals surface area contributed by atoms with E-state index in [1.54, 1.807) is 12.0 Å². The molecule has 110 valence electrons. The number of carbonyl (C=O) groups excluding carboxylic acids is 1. The largest absolute Gasteiger partial charge is 0.393 e. The van der Waals surface area contributed by atoms with Crippen LogP contribution in [-0.4, -0.2) is 42.6 Å². The summed E-state index contributed by atoms with van der Waals surface area (Å²) in [4.78, 5) is 14.4. The predicted molar refractivity (Wildman–Crippen MR) is 80.2 cm³/mol. The van der Waals surface area contributed by atoms with Gasteiger partial charge in [0.15, 0.2) is 0 Å². The number of hydrogen-bond donors (Lipinski definition) is 1. The van der Waals surface area contributed by atoms with Crippen molar-refractivity contribution in [2.24, 2.45) is 5.73 Å². The molecule has 1 rings (SSSR count). The van der Waals surface area contributed by atoms with Crippen molar-refractivity contribution in [1.82, 2.24) is 4.90 Å². The number of carbonyl (C=O) groups is 1. The van der Waals surface area contributed by atoms with Crippen LogP contribution >= 0.6 is 12.2 Å². The normalized spacial score (nSPS) is 10.3. The fourth-order valence-corrected chi connectivity index (χ4v) is 1.83. The molecule has 6 heteroatoms. The first-order valence-electron chi connectivity index (χ1n) is 6.36. The van der Waals surface area contributed by atoms with Crippen molar-refractivity contribution in [3.05, 3.63) is 35.6 Å². The van der Waals surface area contributed by atoms with Gasteiger partial charge in [0.1, 0.15) is 5.82 Å². The molecule has 0 aromatic heterocycles. The van der Waals surface area contributed by atoms with Gasteiger partial charge in [0, 0.05) is 38.8 Å². The van der Waals surface area contributed by atoms with Gasteiger partial charge in [-0.3, -0.25) is 4.79 Å². The maximum atomic E-state index is 12.9. The van der Waals surface area contributed by atoms with Crippen LogP contribution < -0.4 is 5.73 Å². The maximum absolute atomic E-state index is 12.9. The van der Waals surface area contributed by atoms with E-state index in [0.29, 0.717) is 36.7 Å². The summed E-state index contributed by atoms with van der Waals surface area (Å²) in [5.74, 6) is -0.520. The highest BCUT2D eigenvalue weighted by atomic mass is 32.1. The first-order valence-corrected chi connectivity index (χ1v) is 6.77. The molecule has 20 heavy (non-hydrogen) atoms. The molecule has 0 aliphatic carbocycles. The van der Waals surface area contributed by atoms with Crippen LogP contribution in [0.25, 0.3) is 0 Å². The van der Waals surface area contributed by atoms with E-state index in [2.05, 4.69) is 0 Å². The first kappa shape index (κ1) is 16.5. The van der Waals surface area contributed by atoms with Gasteiger partial charge in [-0.1, -0.05) is 12.2 Å². The van der Waals surface area contributed by atoms with Gasteiger partial charge in [0.2, 0.25) is 0 Å². The van der Waals surface area contributed by atoms with Crippen molar-refractivity contribution in [2.45, 2.75) is 12.8 Å². The fourth-order valence-electron chi connectivity index (χ4n) is 1.73. The summed E-state index contributed by atoms with van der Waals surface area (Å²) < 4.78 is 17.9. The summed E-state index contributed by atoms with van der Waals surface area (Å²) in [6.07, 6.45) is 1.19. The monoisotopic (exact) mass is 298 g/mol. The Morgan fingerprint density at radius 2 is 2.00 bits per heavy atom. The smallest absolute Gasteiger partial charge is 0.253 e. The summed E-state index contributed by atoms with van der Waals surface area (Å²) in [7, 11) is 1.61. The molecule has 0 fully saturated rings. The molecule has 0 bridgehead atoms. The van der Waals surface area contributed by atoms with Crippen LogP contribution in [0.15, 0.2) is 24.3 Å². The molecule has 2 N–H and O–H groups in total. The van der Waals surface area contributed by atoms with Gasteiger partial charge >= 0.3 is 0 Å². The molecule has 0 aliphatic rings. The summed E-state index contributed by atoms with van der Waals surface area (Å²) in [5, 5.41) is 0. The second-order valence-electron chi connectivity index (χ2n) is 4.36. The highest BCUT2D eigenvalue weighted by Crippen LogP contribution is 2.08. The van der Waals surface area contributed by atoms with Gasteiger partial charge in [-0.05, 0) is 30.7 Å². The summed E-state index contributed by atoms with van der Waals surface area (Å²) in [5.41, 5.74) is 5.92. The molecular weight excluding hydrogens is 279 g/mol. The van der Waals surface area contributed by atoms with E-state index < -0.39 is 0 Å². The zero-order valence-corrected chi connectivity index (χ0v) is 12.3. The third-order valence-corrected chi connectivity index (χ3v) is 2.99. The van der Waals surface area contributed by atoms with Crippen LogP contribution in [0.3, 0.4) is 0 Å². The lowest BCUT2D eigenvalue weighted by Gasteiger charge is -2.22. The molecule has 0 heterocycles. The molecule has 4 nitrogen and oxygen atoms in total. The molecule has 1 aromatic rings. The molecule has 0 spiro atoms. The van der Waals surface area contributed by atoms with Gasteiger partial charge in [-0.15, -0.1) is 0 Å². The van der Waals surface area contributed by atoms with Crippen molar-refractivity contribution in [3.8, 4) is 0 Å². The average Bonchev–Trinajstić information content (AvgIpc) is 2.42. The lowest BCUT2D eigenvalue weighted by atomic mass is 10.2. The van der Waals surface area contributed by atoms with E-state index in [-0.39, 0.29) is 11.7 Å². The number of methoxy groups -OCH3 is 1. The third kappa shape index (κ3) is 5.63. The van der Waals surface area contributed by atoms with Crippen LogP contribution in [-0.2, 0) is 4.74 Å². The molecule has 1 amide bonds. The second kappa shape index (κ2) is 8.60. The molecular formula is C14H19FN2O2S. The van der Waals surface area contributed by atoms with E-state index in [9.17, 15) is 9.18 Å². The molecule has 0 atom stereocenters. The topological polar surface area (TPSA) is 55.6 Å². The number of ether oxygens (including phenoxy) is 1. The van der Waals surface area contributed by atoms with Crippen LogP contribution in [0.2, 0.25) is 0 Å². The van der Waals surface area contributed by atoms with Crippen molar-refractivity contribution in [2.75, 3.05) is 26.8 Å². The number of halogens is 1. The molecule has 1 aromatic carbocycles. The minimum Gasteiger partial charge on any atom is -0.393 e. The SMILES string of the molecule is COCCCN(CCC(N)=S)C(=O)c1ccc(F)cc1. The van der Waals surface area contributed by atoms with Crippen LogP contribution in [0, 0.1) is 5.82 Å². The number of nitrogens with two attached hydrogens (primary N) is 1. The summed E-state index contributed by atoms with van der Waals surface area (Å²) in [6, 6.07) is 5.49. The van der Waals surface area contributed by atoms with Gasteiger partial charge in [-0.2, -0.15) is 0 Å². The Labute approximate surface area is 123 Å². The highest BCUT2D eigenvalue weighted by Gasteiger charge is 2.15. The Morgan fingerprint density at radius 3 is 2.55 bits per heavy atom. The number of hydrogen-bond acceptors (Lipinski definition) is 3. The highest BCUT2D eigenvalue weighted by molar-refractivity contribution is 7.80. The maximum Gasteiger partial charge on any atom is 0.253 e. The molecule has 0 saturated carbocycles. The van der Waals surface area contributed by atoms with Crippen LogP contribution in [0.5, 0.6) is 0 Å². The molecule has 0 aliphatic heterocycles. The Balaban J connectivity index is 2.71. The molecule has 0 unspecified atom stereocenters. The predicted octanol–water partition coefficient (Wildman–Crippen LogP) is 1.98. The van der Waals surface area contributed by atoms with Crippen molar-refractivity contribution < 1.29 is 13.9 Å². The Hall–Kier alpha value is -1.53. The zero-order valence-electron chi connectivity index (χ0n) is 11.5. The minimum absolute atomic E-state index is 0.155. The number of rotatable bonds is 8. The standard InChI is InChI=1S/C14H19FN2O2S/c1-19-10-2-8-17(9-7-13(16)20)14(18)11-3-5-12(15)6-4-11/h3-6H,2,7-10H2,1H3,(H2,16,20). The number of benzene rings is 1. The molecule has 0 saturated heterocycles. The van der Waals surface area contributed by atoms with Gasteiger partial charge in [-0.25, -0.2) is 4.39 Å². The van der Waals surface area contributed by atoms with E-state index >= 15 is 0 Å². The number of thiocarbonyl (C=S) groups is 1. The third-order valence-electron chi connectivity index (χ3n) is 2.78. The number of nitrogens with zero attached hydrogens (tertiary/aromatic N) is 1. The van der Waals surface area contributed by atoms with E-state index in [4.69, 9.17) is 22.7 Å². The Bertz CT molecular complexity index is 451. The zero-order chi connectivity index (χ0) is 15.0. The second-order valence-corrected chi connectivity index (χ2v) is 4.89. The minimum atomic E-state index is -0.365. The van der Waals surface area contributed by atoms with Crippen molar-refractivity contribution in [1.29, 1.82) is 0 Å². The number of amides is 1.